The number of hydrogen-bond donors (Lipinski definition) is 2. The van der Waals surface area contributed by atoms with Crippen molar-refractivity contribution in [1.82, 2.24) is 15.0 Å². The number of anilines is 4. The molecule has 2 aliphatic rings. The fraction of sp³-hybridized carbons (Fsp3) is 0.273. The van der Waals surface area contributed by atoms with E-state index in [-0.39, 0.29) is 5.91 Å². The minimum atomic E-state index is -0.523. The van der Waals surface area contributed by atoms with Crippen LogP contribution in [-0.4, -0.2) is 27.4 Å². The molecule has 0 saturated carbocycles. The summed E-state index contributed by atoms with van der Waals surface area (Å²) in [4.78, 5) is 27.8. The highest BCUT2D eigenvalue weighted by molar-refractivity contribution is 6.32. The second-order valence-electron chi connectivity index (χ2n) is 8.09. The third-order valence-corrected chi connectivity index (χ3v) is 6.11. The highest BCUT2D eigenvalue weighted by atomic mass is 35.5. The third-order valence-electron chi connectivity index (χ3n) is 5.81. The molecule has 5 rings (SSSR count). The number of pyridine rings is 1. The molecule has 7 nitrogen and oxygen atoms in total. The van der Waals surface area contributed by atoms with Crippen LogP contribution >= 0.6 is 11.6 Å². The van der Waals surface area contributed by atoms with Crippen LogP contribution < -0.4 is 15.5 Å². The van der Waals surface area contributed by atoms with Crippen molar-refractivity contribution in [3.05, 3.63) is 64.7 Å². The minimum absolute atomic E-state index is 0.0111. The van der Waals surface area contributed by atoms with Crippen LogP contribution in [0.15, 0.2) is 42.9 Å². The van der Waals surface area contributed by atoms with Crippen LogP contribution in [0.3, 0.4) is 0 Å². The van der Waals surface area contributed by atoms with Gasteiger partial charge in [-0.2, -0.15) is 0 Å². The SMILES string of the molecule is CC1(C)C(=O)Nc2cc(Nc3ncnc4c3CN(c3ncccc3Cl)CC4)ccc21. The number of rotatable bonds is 3. The topological polar surface area (TPSA) is 83.0 Å². The van der Waals surface area contributed by atoms with Gasteiger partial charge in [0.1, 0.15) is 18.0 Å². The van der Waals surface area contributed by atoms with Gasteiger partial charge in [-0.3, -0.25) is 4.79 Å². The number of aromatic nitrogens is 3. The van der Waals surface area contributed by atoms with Crippen LogP contribution in [0.25, 0.3) is 0 Å². The number of amides is 1. The summed E-state index contributed by atoms with van der Waals surface area (Å²) in [6.07, 6.45) is 4.12. The van der Waals surface area contributed by atoms with Crippen LogP contribution in [0, 0.1) is 0 Å². The van der Waals surface area contributed by atoms with Crippen LogP contribution in [-0.2, 0) is 23.2 Å². The van der Waals surface area contributed by atoms with E-state index in [4.69, 9.17) is 11.6 Å². The quantitative estimate of drug-likeness (QED) is 0.664. The molecule has 2 aliphatic heterocycles. The average molecular weight is 421 g/mol. The van der Waals surface area contributed by atoms with Gasteiger partial charge >= 0.3 is 0 Å². The molecule has 4 heterocycles. The Labute approximate surface area is 179 Å². The molecule has 0 aliphatic carbocycles. The number of nitrogens with zero attached hydrogens (tertiary/aromatic N) is 4. The highest BCUT2D eigenvalue weighted by Gasteiger charge is 2.38. The van der Waals surface area contributed by atoms with Crippen LogP contribution in [0.5, 0.6) is 0 Å². The summed E-state index contributed by atoms with van der Waals surface area (Å²) in [6, 6.07) is 9.59. The molecule has 0 radical (unpaired) electrons. The highest BCUT2D eigenvalue weighted by Crippen LogP contribution is 2.39. The number of carbonyl (C=O) groups excluding carboxylic acids is 1. The Morgan fingerprint density at radius 3 is 2.90 bits per heavy atom. The van der Waals surface area contributed by atoms with E-state index in [0.717, 1.165) is 52.8 Å². The monoisotopic (exact) mass is 420 g/mol. The van der Waals surface area contributed by atoms with E-state index in [1.165, 1.54) is 0 Å². The van der Waals surface area contributed by atoms with Crippen molar-refractivity contribution in [2.75, 3.05) is 22.1 Å². The van der Waals surface area contributed by atoms with Gasteiger partial charge in [-0.25, -0.2) is 15.0 Å². The van der Waals surface area contributed by atoms with Gasteiger partial charge in [-0.1, -0.05) is 17.7 Å². The van der Waals surface area contributed by atoms with E-state index in [1.807, 2.05) is 44.2 Å². The van der Waals surface area contributed by atoms with Crippen molar-refractivity contribution in [3.63, 3.8) is 0 Å². The lowest BCUT2D eigenvalue weighted by atomic mass is 9.86. The van der Waals surface area contributed by atoms with Crippen LogP contribution in [0.1, 0.15) is 30.7 Å². The molecule has 30 heavy (non-hydrogen) atoms. The number of nitrogens with one attached hydrogen (secondary N) is 2. The molecule has 0 bridgehead atoms. The maximum Gasteiger partial charge on any atom is 0.234 e. The first-order valence-corrected chi connectivity index (χ1v) is 10.2. The first kappa shape index (κ1) is 18.8. The summed E-state index contributed by atoms with van der Waals surface area (Å²) in [5.41, 5.74) is 4.21. The van der Waals surface area contributed by atoms with Gasteiger partial charge in [0, 0.05) is 42.6 Å². The van der Waals surface area contributed by atoms with Crippen molar-refractivity contribution in [1.29, 1.82) is 0 Å². The van der Waals surface area contributed by atoms with Gasteiger partial charge in [-0.05, 0) is 43.7 Å². The second kappa shape index (κ2) is 6.95. The molecular formula is C22H21ClN6O. The molecule has 0 unspecified atom stereocenters. The van der Waals surface area contributed by atoms with E-state index in [9.17, 15) is 4.79 Å². The van der Waals surface area contributed by atoms with Gasteiger partial charge in [-0.15, -0.1) is 0 Å². The lowest BCUT2D eigenvalue weighted by Gasteiger charge is -2.30. The normalized spacial score (nSPS) is 16.6. The fourth-order valence-corrected chi connectivity index (χ4v) is 4.29. The largest absolute Gasteiger partial charge is 0.350 e. The lowest BCUT2D eigenvalue weighted by molar-refractivity contribution is -0.119. The second-order valence-corrected chi connectivity index (χ2v) is 8.50. The van der Waals surface area contributed by atoms with Crippen molar-refractivity contribution >= 4 is 40.5 Å². The summed E-state index contributed by atoms with van der Waals surface area (Å²) < 4.78 is 0. The number of benzene rings is 1. The fourth-order valence-electron chi connectivity index (χ4n) is 4.05. The third kappa shape index (κ3) is 3.06. The number of carbonyl (C=O) groups is 1. The van der Waals surface area contributed by atoms with Crippen molar-refractivity contribution in [3.8, 4) is 0 Å². The molecule has 8 heteroatoms. The molecule has 1 aromatic carbocycles. The van der Waals surface area contributed by atoms with E-state index in [0.29, 0.717) is 11.6 Å². The minimum Gasteiger partial charge on any atom is -0.350 e. The molecule has 0 atom stereocenters. The summed E-state index contributed by atoms with van der Waals surface area (Å²) in [5.74, 6) is 1.53. The summed E-state index contributed by atoms with van der Waals surface area (Å²) >= 11 is 6.36. The predicted octanol–water partition coefficient (Wildman–Crippen LogP) is 4.06. The molecule has 0 spiro atoms. The standard InChI is InChI=1S/C22H21ClN6O/c1-22(2)15-6-5-13(10-18(15)28-21(22)30)27-19-14-11-29(9-7-17(14)25-12-26-19)20-16(23)4-3-8-24-20/h3-6,8,10,12H,7,9,11H2,1-2H3,(H,28,30)(H,25,26,27). The van der Waals surface area contributed by atoms with Crippen molar-refractivity contribution in [2.45, 2.75) is 32.2 Å². The number of halogens is 1. The Morgan fingerprint density at radius 2 is 2.07 bits per heavy atom. The molecule has 3 aromatic rings. The molecule has 0 fully saturated rings. The Hall–Kier alpha value is -3.19. The van der Waals surface area contributed by atoms with E-state index in [2.05, 4.69) is 30.5 Å². The van der Waals surface area contributed by atoms with Gasteiger partial charge in [0.25, 0.3) is 0 Å². The Morgan fingerprint density at radius 1 is 1.20 bits per heavy atom. The van der Waals surface area contributed by atoms with Crippen molar-refractivity contribution in [2.24, 2.45) is 0 Å². The number of hydrogen-bond acceptors (Lipinski definition) is 6. The maximum absolute atomic E-state index is 12.2. The van der Waals surface area contributed by atoms with Crippen LogP contribution in [0.4, 0.5) is 23.0 Å². The summed E-state index contributed by atoms with van der Waals surface area (Å²) in [5, 5.41) is 7.01. The molecule has 2 aromatic heterocycles. The Bertz CT molecular complexity index is 1160. The maximum atomic E-state index is 12.2. The van der Waals surface area contributed by atoms with Gasteiger partial charge in [0.05, 0.1) is 16.1 Å². The van der Waals surface area contributed by atoms with Gasteiger partial charge in [0.15, 0.2) is 0 Å². The zero-order valence-electron chi connectivity index (χ0n) is 16.7. The first-order valence-electron chi connectivity index (χ1n) is 9.85. The summed E-state index contributed by atoms with van der Waals surface area (Å²) in [7, 11) is 0. The van der Waals surface area contributed by atoms with Crippen molar-refractivity contribution < 1.29 is 4.79 Å². The summed E-state index contributed by atoms with van der Waals surface area (Å²) in [6.45, 7) is 5.27. The van der Waals surface area contributed by atoms with Gasteiger partial charge in [0.2, 0.25) is 5.91 Å². The van der Waals surface area contributed by atoms with Gasteiger partial charge < -0.3 is 15.5 Å². The number of fused-ring (bicyclic) bond motifs is 2. The molecule has 1 amide bonds. The van der Waals surface area contributed by atoms with E-state index in [1.54, 1.807) is 12.5 Å². The molecular weight excluding hydrogens is 400 g/mol. The Kier molecular flexibility index (Phi) is 4.36. The Balaban J connectivity index is 1.45. The average Bonchev–Trinajstić information content (AvgIpc) is 2.96. The zero-order chi connectivity index (χ0) is 20.9. The first-order chi connectivity index (χ1) is 14.4. The zero-order valence-corrected chi connectivity index (χ0v) is 17.5. The smallest absolute Gasteiger partial charge is 0.234 e. The lowest BCUT2D eigenvalue weighted by Crippen LogP contribution is -2.32. The van der Waals surface area contributed by atoms with E-state index < -0.39 is 5.41 Å². The molecule has 152 valence electrons. The molecule has 2 N–H and O–H groups in total. The van der Waals surface area contributed by atoms with E-state index >= 15 is 0 Å². The van der Waals surface area contributed by atoms with Crippen LogP contribution in [0.2, 0.25) is 5.02 Å². The predicted molar refractivity (Wildman–Crippen MR) is 117 cm³/mol. The molecule has 0 saturated heterocycles.